The summed E-state index contributed by atoms with van der Waals surface area (Å²) < 4.78 is 65.8. The van der Waals surface area contributed by atoms with Crippen LogP contribution in [0.2, 0.25) is 0 Å². The van der Waals surface area contributed by atoms with Gasteiger partial charge in [-0.15, -0.1) is 12.4 Å². The molecule has 0 spiro atoms. The number of nitrogens with one attached hydrogen (secondary N) is 1. The lowest BCUT2D eigenvalue weighted by Crippen LogP contribution is -2.46. The molecule has 0 radical (unpaired) electrons. The molecule has 0 aliphatic rings. The second kappa shape index (κ2) is 9.98. The van der Waals surface area contributed by atoms with E-state index >= 15 is 0 Å². The third-order valence-corrected chi connectivity index (χ3v) is 4.18. The van der Waals surface area contributed by atoms with E-state index in [1.807, 2.05) is 0 Å². The van der Waals surface area contributed by atoms with Crippen molar-refractivity contribution in [1.82, 2.24) is 5.32 Å². The van der Waals surface area contributed by atoms with Gasteiger partial charge in [0.25, 0.3) is 0 Å². The van der Waals surface area contributed by atoms with Gasteiger partial charge in [-0.05, 0) is 25.5 Å². The minimum absolute atomic E-state index is 0. The van der Waals surface area contributed by atoms with Crippen LogP contribution in [0.15, 0.2) is 24.3 Å². The number of alkyl halides is 3. The number of benzene rings is 1. The van der Waals surface area contributed by atoms with Gasteiger partial charge >= 0.3 is 6.18 Å². The Labute approximate surface area is 156 Å². The molecule has 26 heavy (non-hydrogen) atoms. The van der Waals surface area contributed by atoms with Crippen LogP contribution in [-0.4, -0.2) is 45.0 Å². The number of ether oxygens (including phenoxy) is 1. The highest BCUT2D eigenvalue weighted by atomic mass is 35.5. The maximum Gasteiger partial charge on any atom is 0.419 e. The van der Waals surface area contributed by atoms with Crippen molar-refractivity contribution >= 4 is 28.2 Å². The fourth-order valence-corrected chi connectivity index (χ4v) is 2.59. The van der Waals surface area contributed by atoms with Crippen molar-refractivity contribution in [1.29, 1.82) is 0 Å². The molecular weight excluding hydrogens is 397 g/mol. The average Bonchev–Trinajstić information content (AvgIpc) is 2.49. The molecule has 11 heteroatoms. The molecule has 0 fully saturated rings. The summed E-state index contributed by atoms with van der Waals surface area (Å²) in [4.78, 5) is 11.8. The fraction of sp³-hybridized carbons (Fsp3) is 0.533. The third kappa shape index (κ3) is 8.72. The highest BCUT2D eigenvalue weighted by molar-refractivity contribution is 7.90. The van der Waals surface area contributed by atoms with E-state index in [0.717, 1.165) is 12.3 Å². The van der Waals surface area contributed by atoms with E-state index in [1.165, 1.54) is 25.1 Å². The molecule has 2 unspecified atom stereocenters. The van der Waals surface area contributed by atoms with E-state index < -0.39 is 39.6 Å². The number of nitrogens with two attached hydrogens (primary N) is 1. The zero-order valence-corrected chi connectivity index (χ0v) is 15.9. The van der Waals surface area contributed by atoms with Crippen LogP contribution in [-0.2, 0) is 20.8 Å². The average molecular weight is 419 g/mol. The lowest BCUT2D eigenvalue weighted by atomic mass is 10.2. The molecule has 0 aliphatic heterocycles. The van der Waals surface area contributed by atoms with Crippen LogP contribution < -0.4 is 15.8 Å². The van der Waals surface area contributed by atoms with Gasteiger partial charge in [0.2, 0.25) is 5.91 Å². The van der Waals surface area contributed by atoms with Crippen molar-refractivity contribution in [3.63, 3.8) is 0 Å². The lowest BCUT2D eigenvalue weighted by molar-refractivity contribution is -0.139. The molecule has 2 atom stereocenters. The van der Waals surface area contributed by atoms with Crippen LogP contribution in [0.4, 0.5) is 13.2 Å². The first-order valence-electron chi connectivity index (χ1n) is 7.43. The molecule has 0 saturated heterocycles. The van der Waals surface area contributed by atoms with Gasteiger partial charge in [-0.2, -0.15) is 13.2 Å². The summed E-state index contributed by atoms with van der Waals surface area (Å²) in [5.74, 6) is -1.16. The molecule has 6 nitrogen and oxygen atoms in total. The van der Waals surface area contributed by atoms with E-state index in [2.05, 4.69) is 5.32 Å². The second-order valence-electron chi connectivity index (χ2n) is 5.74. The minimum Gasteiger partial charge on any atom is -0.491 e. The Morgan fingerprint density at radius 2 is 1.88 bits per heavy atom. The molecule has 0 saturated carbocycles. The third-order valence-electron chi connectivity index (χ3n) is 3.21. The van der Waals surface area contributed by atoms with E-state index in [-0.39, 0.29) is 36.9 Å². The molecule has 0 aliphatic carbocycles. The van der Waals surface area contributed by atoms with Gasteiger partial charge < -0.3 is 15.8 Å². The fourth-order valence-electron chi connectivity index (χ4n) is 1.91. The molecule has 1 amide bonds. The Bertz CT molecular complexity index is 698. The van der Waals surface area contributed by atoms with E-state index in [1.54, 1.807) is 0 Å². The van der Waals surface area contributed by atoms with Crippen molar-refractivity contribution in [2.24, 2.45) is 5.73 Å². The topological polar surface area (TPSA) is 98.5 Å². The molecular formula is C15H22ClF3N2O4S. The summed E-state index contributed by atoms with van der Waals surface area (Å²) in [5, 5.41) is 2.48. The number of carbonyl (C=O) groups is 1. The summed E-state index contributed by atoms with van der Waals surface area (Å²) in [6.07, 6.45) is -3.56. The van der Waals surface area contributed by atoms with Crippen molar-refractivity contribution in [3.05, 3.63) is 29.8 Å². The molecule has 3 N–H and O–H groups in total. The molecule has 0 heterocycles. The zero-order valence-electron chi connectivity index (χ0n) is 14.2. The van der Waals surface area contributed by atoms with Gasteiger partial charge in [-0.1, -0.05) is 12.1 Å². The Balaban J connectivity index is 0.00000625. The van der Waals surface area contributed by atoms with Gasteiger partial charge in [0, 0.05) is 6.26 Å². The monoisotopic (exact) mass is 418 g/mol. The second-order valence-corrected chi connectivity index (χ2v) is 8.00. The van der Waals surface area contributed by atoms with Crippen LogP contribution in [0.3, 0.4) is 0 Å². The Kier molecular flexibility index (Phi) is 9.40. The standard InChI is InChI=1S/C15H21F3N2O4S.ClH/c1-10(20-14(21)12(19)7-8-25(2,22)23)9-24-13-6-4-3-5-11(13)15(16,17)18;/h3-6,10,12H,7-9,19H2,1-2H3,(H,20,21);1H. The minimum atomic E-state index is -4.54. The number of para-hydroxylation sites is 1. The number of rotatable bonds is 8. The summed E-state index contributed by atoms with van der Waals surface area (Å²) in [5.41, 5.74) is 4.69. The van der Waals surface area contributed by atoms with Crippen LogP contribution >= 0.6 is 12.4 Å². The first kappa shape index (κ1) is 24.5. The Morgan fingerprint density at radius 3 is 2.42 bits per heavy atom. The van der Waals surface area contributed by atoms with Crippen molar-refractivity contribution in [3.8, 4) is 5.75 Å². The zero-order chi connectivity index (χ0) is 19.3. The van der Waals surface area contributed by atoms with E-state index in [0.29, 0.717) is 0 Å². The molecule has 150 valence electrons. The normalized spacial score (nSPS) is 14.1. The first-order chi connectivity index (χ1) is 11.4. The largest absolute Gasteiger partial charge is 0.491 e. The highest BCUT2D eigenvalue weighted by Gasteiger charge is 2.34. The summed E-state index contributed by atoms with van der Waals surface area (Å²) in [7, 11) is -3.24. The smallest absolute Gasteiger partial charge is 0.419 e. The first-order valence-corrected chi connectivity index (χ1v) is 9.49. The van der Waals surface area contributed by atoms with Gasteiger partial charge in [0.05, 0.1) is 23.4 Å². The summed E-state index contributed by atoms with van der Waals surface area (Å²) in [6, 6.07) is 3.11. The number of halogens is 4. The summed E-state index contributed by atoms with van der Waals surface area (Å²) >= 11 is 0. The number of amides is 1. The van der Waals surface area contributed by atoms with Crippen LogP contribution in [0, 0.1) is 0 Å². The summed E-state index contributed by atoms with van der Waals surface area (Å²) in [6.45, 7) is 1.34. The Morgan fingerprint density at radius 1 is 1.31 bits per heavy atom. The van der Waals surface area contributed by atoms with Crippen molar-refractivity contribution in [2.75, 3.05) is 18.6 Å². The number of hydrogen-bond donors (Lipinski definition) is 2. The number of sulfone groups is 1. The van der Waals surface area contributed by atoms with Crippen LogP contribution in [0.1, 0.15) is 18.9 Å². The molecule has 1 rings (SSSR count). The molecule has 1 aromatic carbocycles. The number of carbonyl (C=O) groups excluding carboxylic acids is 1. The van der Waals surface area contributed by atoms with Gasteiger partial charge in [-0.25, -0.2) is 8.42 Å². The van der Waals surface area contributed by atoms with Gasteiger partial charge in [-0.3, -0.25) is 4.79 Å². The molecule has 0 bridgehead atoms. The van der Waals surface area contributed by atoms with Crippen LogP contribution in [0.5, 0.6) is 5.75 Å². The number of hydrogen-bond acceptors (Lipinski definition) is 5. The maximum atomic E-state index is 12.9. The van der Waals surface area contributed by atoms with Crippen LogP contribution in [0.25, 0.3) is 0 Å². The molecule has 0 aromatic heterocycles. The lowest BCUT2D eigenvalue weighted by Gasteiger charge is -2.19. The maximum absolute atomic E-state index is 12.9. The predicted molar refractivity (Wildman–Crippen MR) is 94.1 cm³/mol. The van der Waals surface area contributed by atoms with Gasteiger partial charge in [0.1, 0.15) is 22.2 Å². The Hall–Kier alpha value is -1.52. The highest BCUT2D eigenvalue weighted by Crippen LogP contribution is 2.35. The van der Waals surface area contributed by atoms with Crippen molar-refractivity contribution in [2.45, 2.75) is 31.6 Å². The SMILES string of the molecule is CC(COc1ccccc1C(F)(F)F)NC(=O)C(N)CCS(C)(=O)=O.Cl. The van der Waals surface area contributed by atoms with Gasteiger partial charge in [0.15, 0.2) is 0 Å². The molecule has 1 aromatic rings. The van der Waals surface area contributed by atoms with E-state index in [9.17, 15) is 26.4 Å². The van der Waals surface area contributed by atoms with E-state index in [4.69, 9.17) is 10.5 Å². The predicted octanol–water partition coefficient (Wildman–Crippen LogP) is 1.77. The quantitative estimate of drug-likeness (QED) is 0.670. The van der Waals surface area contributed by atoms with Crippen molar-refractivity contribution < 1.29 is 31.1 Å².